The molecule has 1 atom stereocenters. The zero-order valence-corrected chi connectivity index (χ0v) is 8.74. The predicted molar refractivity (Wildman–Crippen MR) is 53.5 cm³/mol. The summed E-state index contributed by atoms with van der Waals surface area (Å²) in [5, 5.41) is 12.1. The van der Waals surface area contributed by atoms with E-state index in [1.165, 1.54) is 5.56 Å². The molecule has 1 aromatic rings. The average molecular weight is 184 g/mol. The van der Waals surface area contributed by atoms with Gasteiger partial charge >= 0.3 is 0 Å². The van der Waals surface area contributed by atoms with E-state index >= 15 is 0 Å². The van der Waals surface area contributed by atoms with Crippen LogP contribution in [0.25, 0.3) is 0 Å². The molecule has 0 spiro atoms. The fourth-order valence-corrected chi connectivity index (χ4v) is 2.54. The highest BCUT2D eigenvalue weighted by Gasteiger charge is 2.24. The van der Waals surface area contributed by atoms with E-state index in [1.807, 2.05) is 12.3 Å². The van der Waals surface area contributed by atoms with E-state index in [2.05, 4.69) is 19.9 Å². The lowest BCUT2D eigenvalue weighted by atomic mass is 9.96. The summed E-state index contributed by atoms with van der Waals surface area (Å²) in [6, 6.07) is 2.06. The Hall–Kier alpha value is -0.340. The first-order chi connectivity index (χ1) is 5.58. The van der Waals surface area contributed by atoms with E-state index in [0.29, 0.717) is 0 Å². The molecule has 1 nitrogen and oxygen atoms in total. The number of aliphatic hydroxyl groups is 1. The maximum absolute atomic E-state index is 10.1. The van der Waals surface area contributed by atoms with Gasteiger partial charge in [0.2, 0.25) is 0 Å². The highest BCUT2D eigenvalue weighted by Crippen LogP contribution is 2.32. The van der Waals surface area contributed by atoms with Crippen molar-refractivity contribution in [1.82, 2.24) is 0 Å². The Balaban J connectivity index is 2.88. The molecule has 1 aromatic heterocycles. The Labute approximate surface area is 78.1 Å². The van der Waals surface area contributed by atoms with Crippen molar-refractivity contribution in [2.45, 2.75) is 39.2 Å². The first-order valence-corrected chi connectivity index (χ1v) is 5.23. The van der Waals surface area contributed by atoms with Gasteiger partial charge in [-0.3, -0.25) is 0 Å². The first-order valence-electron chi connectivity index (χ1n) is 4.35. The van der Waals surface area contributed by atoms with Crippen molar-refractivity contribution in [3.8, 4) is 0 Å². The van der Waals surface area contributed by atoms with Crippen LogP contribution in [0.4, 0.5) is 0 Å². The van der Waals surface area contributed by atoms with Crippen LogP contribution < -0.4 is 0 Å². The second kappa shape index (κ2) is 3.58. The van der Waals surface area contributed by atoms with Gasteiger partial charge in [-0.2, -0.15) is 0 Å². The monoisotopic (exact) mass is 184 g/mol. The Bertz CT molecular complexity index is 250. The predicted octanol–water partition coefficient (Wildman–Crippen LogP) is 3.06. The van der Waals surface area contributed by atoms with Gasteiger partial charge in [0.25, 0.3) is 0 Å². The van der Waals surface area contributed by atoms with Gasteiger partial charge in [0, 0.05) is 4.88 Å². The maximum atomic E-state index is 10.1. The summed E-state index contributed by atoms with van der Waals surface area (Å²) < 4.78 is 0. The van der Waals surface area contributed by atoms with Crippen molar-refractivity contribution in [2.24, 2.45) is 0 Å². The van der Waals surface area contributed by atoms with Crippen LogP contribution in [-0.2, 0) is 5.60 Å². The third-order valence-corrected chi connectivity index (χ3v) is 3.36. The van der Waals surface area contributed by atoms with Gasteiger partial charge in [0.05, 0.1) is 5.60 Å². The van der Waals surface area contributed by atoms with E-state index in [4.69, 9.17) is 0 Å². The van der Waals surface area contributed by atoms with Crippen LogP contribution >= 0.6 is 11.3 Å². The lowest BCUT2D eigenvalue weighted by Gasteiger charge is -2.22. The van der Waals surface area contributed by atoms with Crippen LogP contribution in [0.1, 0.15) is 37.1 Å². The SMILES string of the molecule is CCC[C@@](C)(O)c1sccc1C. The third-order valence-electron chi connectivity index (χ3n) is 2.09. The lowest BCUT2D eigenvalue weighted by Crippen LogP contribution is -2.19. The van der Waals surface area contributed by atoms with Crippen molar-refractivity contribution < 1.29 is 5.11 Å². The Kier molecular flexibility index (Phi) is 2.91. The quantitative estimate of drug-likeness (QED) is 0.765. The molecule has 1 rings (SSSR count). The largest absolute Gasteiger partial charge is 0.385 e. The second-order valence-corrected chi connectivity index (χ2v) is 4.37. The Morgan fingerprint density at radius 2 is 2.25 bits per heavy atom. The van der Waals surface area contributed by atoms with Crippen molar-refractivity contribution in [1.29, 1.82) is 0 Å². The van der Waals surface area contributed by atoms with Crippen molar-refractivity contribution in [2.75, 3.05) is 0 Å². The molecule has 68 valence electrons. The minimum absolute atomic E-state index is 0.618. The zero-order chi connectivity index (χ0) is 9.19. The highest BCUT2D eigenvalue weighted by atomic mass is 32.1. The average Bonchev–Trinajstić information content (AvgIpc) is 2.35. The number of aryl methyl sites for hydroxylation is 1. The van der Waals surface area contributed by atoms with Crippen LogP contribution in [0.2, 0.25) is 0 Å². The molecule has 0 aliphatic rings. The molecule has 0 fully saturated rings. The van der Waals surface area contributed by atoms with E-state index in [0.717, 1.165) is 17.7 Å². The lowest BCUT2D eigenvalue weighted by molar-refractivity contribution is 0.0502. The van der Waals surface area contributed by atoms with E-state index < -0.39 is 5.60 Å². The molecule has 0 radical (unpaired) electrons. The number of hydrogen-bond donors (Lipinski definition) is 1. The van der Waals surface area contributed by atoms with Gasteiger partial charge < -0.3 is 5.11 Å². The van der Waals surface area contributed by atoms with Crippen molar-refractivity contribution in [3.63, 3.8) is 0 Å². The number of hydrogen-bond acceptors (Lipinski definition) is 2. The second-order valence-electron chi connectivity index (χ2n) is 3.46. The summed E-state index contributed by atoms with van der Waals surface area (Å²) in [6.45, 7) is 6.04. The molecule has 0 unspecified atom stereocenters. The fraction of sp³-hybridized carbons (Fsp3) is 0.600. The van der Waals surface area contributed by atoms with Gasteiger partial charge in [-0.1, -0.05) is 13.3 Å². The van der Waals surface area contributed by atoms with Crippen molar-refractivity contribution >= 4 is 11.3 Å². The smallest absolute Gasteiger partial charge is 0.0962 e. The standard InChI is InChI=1S/C10H16OS/c1-4-6-10(3,11)9-8(2)5-7-12-9/h5,7,11H,4,6H2,1-3H3/t10-/m1/s1. The fourth-order valence-electron chi connectivity index (χ4n) is 1.52. The molecule has 1 N–H and O–H groups in total. The van der Waals surface area contributed by atoms with Crippen LogP contribution in [0, 0.1) is 6.92 Å². The molecule has 0 aromatic carbocycles. The summed E-state index contributed by atoms with van der Waals surface area (Å²) in [7, 11) is 0. The van der Waals surface area contributed by atoms with Gasteiger partial charge in [-0.15, -0.1) is 11.3 Å². The minimum atomic E-state index is -0.618. The summed E-state index contributed by atoms with van der Waals surface area (Å²) in [6.07, 6.45) is 1.86. The molecular formula is C10H16OS. The van der Waals surface area contributed by atoms with Gasteiger partial charge in [0.15, 0.2) is 0 Å². The van der Waals surface area contributed by atoms with E-state index in [1.54, 1.807) is 11.3 Å². The van der Waals surface area contributed by atoms with E-state index in [9.17, 15) is 5.11 Å². The summed E-state index contributed by atoms with van der Waals surface area (Å²) in [4.78, 5) is 1.12. The maximum Gasteiger partial charge on any atom is 0.0962 e. The molecule has 0 saturated heterocycles. The molecular weight excluding hydrogens is 168 g/mol. The number of rotatable bonds is 3. The summed E-state index contributed by atoms with van der Waals surface area (Å²) >= 11 is 1.65. The normalized spacial score (nSPS) is 16.0. The van der Waals surface area contributed by atoms with E-state index in [-0.39, 0.29) is 0 Å². The van der Waals surface area contributed by atoms with Gasteiger partial charge in [-0.05, 0) is 37.3 Å². The van der Waals surface area contributed by atoms with Crippen LogP contribution in [0.5, 0.6) is 0 Å². The highest BCUT2D eigenvalue weighted by molar-refractivity contribution is 7.10. The Morgan fingerprint density at radius 3 is 2.67 bits per heavy atom. The molecule has 0 amide bonds. The molecule has 2 heteroatoms. The van der Waals surface area contributed by atoms with Crippen molar-refractivity contribution in [3.05, 3.63) is 21.9 Å². The van der Waals surface area contributed by atoms with Crippen LogP contribution in [0.3, 0.4) is 0 Å². The molecule has 0 aliphatic heterocycles. The molecule has 12 heavy (non-hydrogen) atoms. The topological polar surface area (TPSA) is 20.2 Å². The molecule has 1 heterocycles. The van der Waals surface area contributed by atoms with Gasteiger partial charge in [0.1, 0.15) is 0 Å². The number of thiophene rings is 1. The van der Waals surface area contributed by atoms with Gasteiger partial charge in [-0.25, -0.2) is 0 Å². The Morgan fingerprint density at radius 1 is 1.58 bits per heavy atom. The zero-order valence-electron chi connectivity index (χ0n) is 7.92. The van der Waals surface area contributed by atoms with Crippen LogP contribution in [0.15, 0.2) is 11.4 Å². The summed E-state index contributed by atoms with van der Waals surface area (Å²) in [5.41, 5.74) is 0.589. The van der Waals surface area contributed by atoms with Crippen LogP contribution in [-0.4, -0.2) is 5.11 Å². The molecule has 0 aliphatic carbocycles. The first kappa shape index (κ1) is 9.75. The summed E-state index contributed by atoms with van der Waals surface area (Å²) in [5.74, 6) is 0. The molecule has 0 saturated carbocycles. The molecule has 0 bridgehead atoms. The third kappa shape index (κ3) is 1.87. The minimum Gasteiger partial charge on any atom is -0.385 e.